The van der Waals surface area contributed by atoms with Crippen molar-refractivity contribution >= 4 is 17.3 Å². The molecular weight excluding hydrogens is 224 g/mol. The summed E-state index contributed by atoms with van der Waals surface area (Å²) in [4.78, 5) is 20.7. The predicted octanol–water partition coefficient (Wildman–Crippen LogP) is 2.26. The Morgan fingerprint density at radius 1 is 1.53 bits per heavy atom. The molecule has 1 unspecified atom stereocenters. The number of nitro groups is 1. The van der Waals surface area contributed by atoms with Crippen LogP contribution in [-0.4, -0.2) is 22.0 Å². The summed E-state index contributed by atoms with van der Waals surface area (Å²) in [5, 5.41) is 22.2. The Labute approximate surface area is 98.4 Å². The summed E-state index contributed by atoms with van der Waals surface area (Å²) in [5.41, 5.74) is 0.407. The Morgan fingerprint density at radius 2 is 2.18 bits per heavy atom. The molecule has 0 aliphatic heterocycles. The molecule has 1 aromatic carbocycles. The van der Waals surface area contributed by atoms with Gasteiger partial charge in [0.25, 0.3) is 5.69 Å². The van der Waals surface area contributed by atoms with Crippen molar-refractivity contribution in [2.45, 2.75) is 25.8 Å². The maximum absolute atomic E-state index is 10.7. The highest BCUT2D eigenvalue weighted by Gasteiger charge is 2.14. The van der Waals surface area contributed by atoms with Gasteiger partial charge in [0, 0.05) is 18.5 Å². The average Bonchev–Trinajstić information content (AvgIpc) is 2.27. The molecule has 1 rings (SSSR count). The lowest BCUT2D eigenvalue weighted by Gasteiger charge is -2.13. The lowest BCUT2D eigenvalue weighted by Crippen LogP contribution is -2.17. The Morgan fingerprint density at radius 3 is 2.76 bits per heavy atom. The van der Waals surface area contributed by atoms with E-state index >= 15 is 0 Å². The zero-order chi connectivity index (χ0) is 12.8. The fourth-order valence-electron chi connectivity index (χ4n) is 1.43. The first-order chi connectivity index (χ1) is 8.00. The van der Waals surface area contributed by atoms with Gasteiger partial charge in [-0.2, -0.15) is 0 Å². The normalized spacial score (nSPS) is 11.8. The first-order valence-corrected chi connectivity index (χ1v) is 5.22. The van der Waals surface area contributed by atoms with Crippen molar-refractivity contribution in [3.8, 4) is 0 Å². The van der Waals surface area contributed by atoms with Crippen LogP contribution in [0.15, 0.2) is 24.3 Å². The maximum Gasteiger partial charge on any atom is 0.303 e. The van der Waals surface area contributed by atoms with Crippen molar-refractivity contribution in [1.29, 1.82) is 0 Å². The van der Waals surface area contributed by atoms with Gasteiger partial charge in [0.15, 0.2) is 0 Å². The number of carboxylic acid groups (broad SMARTS) is 1. The standard InChI is InChI=1S/C11H14N2O4/c1-8(6-7-11(14)15)12-9-4-2-3-5-10(9)13(16)17/h2-5,8,12H,6-7H2,1H3,(H,14,15). The number of benzene rings is 1. The van der Waals surface area contributed by atoms with Crippen molar-refractivity contribution in [3.63, 3.8) is 0 Å². The summed E-state index contributed by atoms with van der Waals surface area (Å²) in [6, 6.07) is 6.17. The third-order valence-electron chi connectivity index (χ3n) is 2.29. The van der Waals surface area contributed by atoms with Gasteiger partial charge < -0.3 is 10.4 Å². The molecule has 0 saturated heterocycles. The number of para-hydroxylation sites is 2. The second-order valence-electron chi connectivity index (χ2n) is 3.75. The van der Waals surface area contributed by atoms with Gasteiger partial charge in [-0.05, 0) is 19.4 Å². The van der Waals surface area contributed by atoms with E-state index in [0.717, 1.165) is 0 Å². The lowest BCUT2D eigenvalue weighted by molar-refractivity contribution is -0.384. The van der Waals surface area contributed by atoms with E-state index in [1.807, 2.05) is 0 Å². The van der Waals surface area contributed by atoms with Gasteiger partial charge >= 0.3 is 5.97 Å². The van der Waals surface area contributed by atoms with Gasteiger partial charge in [0.2, 0.25) is 0 Å². The van der Waals surface area contributed by atoms with Gasteiger partial charge in [-0.15, -0.1) is 0 Å². The molecule has 0 aliphatic rings. The zero-order valence-corrected chi connectivity index (χ0v) is 9.42. The van der Waals surface area contributed by atoms with Crippen LogP contribution in [0.4, 0.5) is 11.4 Å². The van der Waals surface area contributed by atoms with Crippen molar-refractivity contribution in [3.05, 3.63) is 34.4 Å². The van der Waals surface area contributed by atoms with E-state index in [1.54, 1.807) is 25.1 Å². The van der Waals surface area contributed by atoms with Crippen LogP contribution in [0.3, 0.4) is 0 Å². The van der Waals surface area contributed by atoms with Crippen molar-refractivity contribution in [2.24, 2.45) is 0 Å². The molecule has 92 valence electrons. The summed E-state index contributed by atoms with van der Waals surface area (Å²) in [5.74, 6) is -0.874. The highest BCUT2D eigenvalue weighted by molar-refractivity contribution is 5.67. The van der Waals surface area contributed by atoms with E-state index in [1.165, 1.54) is 6.07 Å². The van der Waals surface area contributed by atoms with Gasteiger partial charge in [-0.3, -0.25) is 14.9 Å². The summed E-state index contributed by atoms with van der Waals surface area (Å²) < 4.78 is 0. The minimum Gasteiger partial charge on any atom is -0.481 e. The molecule has 0 fully saturated rings. The van der Waals surface area contributed by atoms with Crippen LogP contribution >= 0.6 is 0 Å². The molecule has 6 heteroatoms. The van der Waals surface area contributed by atoms with E-state index in [9.17, 15) is 14.9 Å². The molecule has 1 atom stereocenters. The van der Waals surface area contributed by atoms with Crippen LogP contribution in [0.25, 0.3) is 0 Å². The number of nitrogens with zero attached hydrogens (tertiary/aromatic N) is 1. The van der Waals surface area contributed by atoms with Crippen molar-refractivity contribution in [2.75, 3.05) is 5.32 Å². The number of hydrogen-bond donors (Lipinski definition) is 2. The number of hydrogen-bond acceptors (Lipinski definition) is 4. The van der Waals surface area contributed by atoms with Gasteiger partial charge in [0.05, 0.1) is 4.92 Å². The number of carbonyl (C=O) groups is 1. The van der Waals surface area contributed by atoms with Crippen LogP contribution in [0.1, 0.15) is 19.8 Å². The molecule has 0 amide bonds. The smallest absolute Gasteiger partial charge is 0.303 e. The number of aliphatic carboxylic acids is 1. The van der Waals surface area contributed by atoms with E-state index in [2.05, 4.69) is 5.32 Å². The SMILES string of the molecule is CC(CCC(=O)O)Nc1ccccc1[N+](=O)[O-]. The Bertz CT molecular complexity index is 420. The van der Waals surface area contributed by atoms with E-state index < -0.39 is 10.9 Å². The molecule has 0 saturated carbocycles. The minimum absolute atomic E-state index is 0.00493. The monoisotopic (exact) mass is 238 g/mol. The number of rotatable bonds is 6. The summed E-state index contributed by atoms with van der Waals surface area (Å²) >= 11 is 0. The topological polar surface area (TPSA) is 92.5 Å². The maximum atomic E-state index is 10.7. The average molecular weight is 238 g/mol. The largest absolute Gasteiger partial charge is 0.481 e. The molecule has 0 aromatic heterocycles. The minimum atomic E-state index is -0.874. The molecule has 1 aromatic rings. The third kappa shape index (κ3) is 4.10. The second-order valence-corrected chi connectivity index (χ2v) is 3.75. The van der Waals surface area contributed by atoms with Crippen LogP contribution in [0, 0.1) is 10.1 Å². The number of nitrogens with one attached hydrogen (secondary N) is 1. The number of anilines is 1. The molecule has 0 radical (unpaired) electrons. The van der Waals surface area contributed by atoms with Gasteiger partial charge in [0.1, 0.15) is 5.69 Å². The van der Waals surface area contributed by atoms with Crippen LogP contribution in [-0.2, 0) is 4.79 Å². The summed E-state index contributed by atoms with van der Waals surface area (Å²) in [7, 11) is 0. The first-order valence-electron chi connectivity index (χ1n) is 5.22. The molecule has 17 heavy (non-hydrogen) atoms. The fraction of sp³-hybridized carbons (Fsp3) is 0.364. The number of carboxylic acids is 1. The van der Waals surface area contributed by atoms with Gasteiger partial charge in [-0.25, -0.2) is 0 Å². The van der Waals surface area contributed by atoms with Crippen LogP contribution < -0.4 is 5.32 Å². The first kappa shape index (κ1) is 13.0. The van der Waals surface area contributed by atoms with Crippen LogP contribution in [0.2, 0.25) is 0 Å². The highest BCUT2D eigenvalue weighted by Crippen LogP contribution is 2.24. The van der Waals surface area contributed by atoms with Crippen LogP contribution in [0.5, 0.6) is 0 Å². The van der Waals surface area contributed by atoms with E-state index in [-0.39, 0.29) is 18.2 Å². The predicted molar refractivity (Wildman–Crippen MR) is 63.1 cm³/mol. The highest BCUT2D eigenvalue weighted by atomic mass is 16.6. The Balaban J connectivity index is 2.67. The van der Waals surface area contributed by atoms with Crippen molar-refractivity contribution < 1.29 is 14.8 Å². The van der Waals surface area contributed by atoms with Crippen molar-refractivity contribution in [1.82, 2.24) is 0 Å². The molecule has 0 aliphatic carbocycles. The quantitative estimate of drug-likeness (QED) is 0.585. The lowest BCUT2D eigenvalue weighted by atomic mass is 10.1. The van der Waals surface area contributed by atoms with Gasteiger partial charge in [-0.1, -0.05) is 12.1 Å². The molecule has 6 nitrogen and oxygen atoms in total. The Hall–Kier alpha value is -2.11. The third-order valence-corrected chi connectivity index (χ3v) is 2.29. The van der Waals surface area contributed by atoms with E-state index in [0.29, 0.717) is 12.1 Å². The second kappa shape index (κ2) is 5.83. The molecule has 0 spiro atoms. The fourth-order valence-corrected chi connectivity index (χ4v) is 1.43. The summed E-state index contributed by atoms with van der Waals surface area (Å²) in [6.07, 6.45) is 0.455. The summed E-state index contributed by atoms with van der Waals surface area (Å²) in [6.45, 7) is 1.79. The molecule has 0 bridgehead atoms. The number of nitro benzene ring substituents is 1. The molecule has 2 N–H and O–H groups in total. The molecule has 0 heterocycles. The molecular formula is C11H14N2O4. The Kier molecular flexibility index (Phi) is 4.45. The van der Waals surface area contributed by atoms with E-state index in [4.69, 9.17) is 5.11 Å². The zero-order valence-electron chi connectivity index (χ0n) is 9.42.